The molecule has 0 heterocycles. The minimum absolute atomic E-state index is 0.324. The normalized spacial score (nSPS) is 9.73. The number of hydrogen-bond acceptors (Lipinski definition) is 5. The van der Waals surface area contributed by atoms with Gasteiger partial charge in [-0.2, -0.15) is 0 Å². The zero-order valence-corrected chi connectivity index (χ0v) is 8.09. The molecule has 0 spiro atoms. The molecular formula is C8H8N2O5. The molecule has 0 amide bonds. The maximum atomic E-state index is 10.6. The van der Waals surface area contributed by atoms with Gasteiger partial charge in [-0.05, 0) is 12.5 Å². The van der Waals surface area contributed by atoms with Gasteiger partial charge in [-0.25, -0.2) is 0 Å². The van der Waals surface area contributed by atoms with Crippen LogP contribution in [0.2, 0.25) is 0 Å². The molecule has 15 heavy (non-hydrogen) atoms. The van der Waals surface area contributed by atoms with Crippen LogP contribution in [0.5, 0.6) is 5.75 Å². The summed E-state index contributed by atoms with van der Waals surface area (Å²) in [5.41, 5.74) is -0.359. The molecule has 0 saturated heterocycles. The number of nitro groups is 2. The molecule has 7 heteroatoms. The third kappa shape index (κ3) is 2.01. The van der Waals surface area contributed by atoms with Crippen LogP contribution in [-0.4, -0.2) is 17.0 Å². The second-order valence-corrected chi connectivity index (χ2v) is 2.85. The minimum atomic E-state index is -0.709. The lowest BCUT2D eigenvalue weighted by molar-refractivity contribution is -0.395. The summed E-state index contributed by atoms with van der Waals surface area (Å²) in [6.07, 6.45) is 0. The quantitative estimate of drug-likeness (QED) is 0.562. The predicted molar refractivity (Wildman–Crippen MR) is 51.0 cm³/mol. The topological polar surface area (TPSA) is 95.5 Å². The van der Waals surface area contributed by atoms with Crippen molar-refractivity contribution in [1.82, 2.24) is 0 Å². The molecular weight excluding hydrogens is 204 g/mol. The van der Waals surface area contributed by atoms with Gasteiger partial charge in [0.05, 0.1) is 17.0 Å². The largest absolute Gasteiger partial charge is 0.485 e. The van der Waals surface area contributed by atoms with Crippen LogP contribution in [0.1, 0.15) is 5.56 Å². The maximum absolute atomic E-state index is 10.6. The summed E-state index contributed by atoms with van der Waals surface area (Å²) in [7, 11) is 1.16. The summed E-state index contributed by atoms with van der Waals surface area (Å²) < 4.78 is 4.67. The molecule has 1 rings (SSSR count). The smallest absolute Gasteiger partial charge is 0.318 e. The number of aryl methyl sites for hydroxylation is 1. The van der Waals surface area contributed by atoms with E-state index in [9.17, 15) is 20.2 Å². The lowest BCUT2D eigenvalue weighted by Crippen LogP contribution is -1.99. The fourth-order valence-corrected chi connectivity index (χ4v) is 1.22. The Morgan fingerprint density at radius 2 is 1.53 bits per heavy atom. The molecule has 0 aliphatic rings. The molecule has 80 valence electrons. The van der Waals surface area contributed by atoms with Crippen molar-refractivity contribution >= 4 is 11.4 Å². The number of hydrogen-bond donors (Lipinski definition) is 0. The van der Waals surface area contributed by atoms with Crippen LogP contribution < -0.4 is 4.74 Å². The van der Waals surface area contributed by atoms with Crippen molar-refractivity contribution in [1.29, 1.82) is 0 Å². The highest BCUT2D eigenvalue weighted by Crippen LogP contribution is 2.37. The average Bonchev–Trinajstić information content (AvgIpc) is 2.16. The van der Waals surface area contributed by atoms with Crippen molar-refractivity contribution in [3.05, 3.63) is 37.9 Å². The Hall–Kier alpha value is -2.18. The number of methoxy groups -OCH3 is 1. The van der Waals surface area contributed by atoms with Gasteiger partial charge < -0.3 is 4.74 Å². The lowest BCUT2D eigenvalue weighted by Gasteiger charge is -2.03. The maximum Gasteiger partial charge on any atom is 0.318 e. The predicted octanol–water partition coefficient (Wildman–Crippen LogP) is 1.82. The van der Waals surface area contributed by atoms with Gasteiger partial charge in [0.25, 0.3) is 5.75 Å². The molecule has 0 N–H and O–H groups in total. The summed E-state index contributed by atoms with van der Waals surface area (Å²) in [4.78, 5) is 19.8. The molecule has 1 aromatic rings. The Balaban J connectivity index is 3.52. The van der Waals surface area contributed by atoms with Crippen molar-refractivity contribution < 1.29 is 14.6 Å². The van der Waals surface area contributed by atoms with E-state index in [4.69, 9.17) is 0 Å². The molecule has 0 radical (unpaired) electrons. The van der Waals surface area contributed by atoms with Gasteiger partial charge in [0.2, 0.25) is 0 Å². The molecule has 0 fully saturated rings. The number of benzene rings is 1. The summed E-state index contributed by atoms with van der Waals surface area (Å²) in [6.45, 7) is 1.54. The van der Waals surface area contributed by atoms with Crippen molar-refractivity contribution in [3.63, 3.8) is 0 Å². The monoisotopic (exact) mass is 212 g/mol. The van der Waals surface area contributed by atoms with Gasteiger partial charge in [0.15, 0.2) is 0 Å². The Kier molecular flexibility index (Phi) is 2.84. The van der Waals surface area contributed by atoms with Crippen LogP contribution in [0.25, 0.3) is 0 Å². The molecule has 7 nitrogen and oxygen atoms in total. The second kappa shape index (κ2) is 3.91. The standard InChI is InChI=1S/C8H8N2O5/c1-5-3-6(9(11)12)8(15-2)7(4-5)10(13)14/h3-4H,1-2H3. The highest BCUT2D eigenvalue weighted by atomic mass is 16.6. The average molecular weight is 212 g/mol. The van der Waals surface area contributed by atoms with Crippen LogP contribution in [0.15, 0.2) is 12.1 Å². The van der Waals surface area contributed by atoms with Crippen LogP contribution in [0.4, 0.5) is 11.4 Å². The van der Waals surface area contributed by atoms with E-state index in [1.54, 1.807) is 6.92 Å². The van der Waals surface area contributed by atoms with E-state index in [1.165, 1.54) is 12.1 Å². The van der Waals surface area contributed by atoms with Crippen LogP contribution in [0, 0.1) is 27.2 Å². The molecule has 0 atom stereocenters. The van der Waals surface area contributed by atoms with E-state index in [1.807, 2.05) is 0 Å². The summed E-state index contributed by atoms with van der Waals surface area (Å²) >= 11 is 0. The molecule has 1 aromatic carbocycles. The Morgan fingerprint density at radius 3 is 1.80 bits per heavy atom. The second-order valence-electron chi connectivity index (χ2n) is 2.85. The van der Waals surface area contributed by atoms with E-state index < -0.39 is 21.2 Å². The highest BCUT2D eigenvalue weighted by molar-refractivity contribution is 5.61. The van der Waals surface area contributed by atoms with E-state index in [2.05, 4.69) is 4.74 Å². The van der Waals surface area contributed by atoms with E-state index in [-0.39, 0.29) is 5.75 Å². The third-order valence-electron chi connectivity index (χ3n) is 1.79. The third-order valence-corrected chi connectivity index (χ3v) is 1.79. The van der Waals surface area contributed by atoms with Gasteiger partial charge in [-0.15, -0.1) is 0 Å². The number of nitrogens with zero attached hydrogens (tertiary/aromatic N) is 2. The first-order valence-corrected chi connectivity index (χ1v) is 3.94. The lowest BCUT2D eigenvalue weighted by atomic mass is 10.2. The van der Waals surface area contributed by atoms with Gasteiger partial charge in [0, 0.05) is 12.1 Å². The summed E-state index contributed by atoms with van der Waals surface area (Å²) in [5.74, 6) is -0.324. The first-order chi connectivity index (χ1) is 6.97. The van der Waals surface area contributed by atoms with Crippen LogP contribution in [-0.2, 0) is 0 Å². The highest BCUT2D eigenvalue weighted by Gasteiger charge is 2.26. The Labute approximate surface area is 84.6 Å². The zero-order valence-electron chi connectivity index (χ0n) is 8.09. The fraction of sp³-hybridized carbons (Fsp3) is 0.250. The SMILES string of the molecule is COc1c([N+](=O)[O-])cc(C)cc1[N+](=O)[O-]. The molecule has 0 bridgehead atoms. The van der Waals surface area contributed by atoms with E-state index >= 15 is 0 Å². The first kappa shape index (κ1) is 10.9. The van der Waals surface area contributed by atoms with Crippen molar-refractivity contribution in [3.8, 4) is 5.75 Å². The van der Waals surface area contributed by atoms with Crippen molar-refractivity contribution in [2.24, 2.45) is 0 Å². The van der Waals surface area contributed by atoms with E-state index in [0.29, 0.717) is 5.56 Å². The number of rotatable bonds is 3. The summed E-state index contributed by atoms with van der Waals surface area (Å²) in [6, 6.07) is 2.46. The van der Waals surface area contributed by atoms with Gasteiger partial charge >= 0.3 is 11.4 Å². The van der Waals surface area contributed by atoms with E-state index in [0.717, 1.165) is 7.11 Å². The zero-order chi connectivity index (χ0) is 11.6. The number of ether oxygens (including phenoxy) is 1. The van der Waals surface area contributed by atoms with Crippen LogP contribution >= 0.6 is 0 Å². The van der Waals surface area contributed by atoms with Gasteiger partial charge in [-0.3, -0.25) is 20.2 Å². The molecule has 0 saturated carbocycles. The molecule has 0 aliphatic carbocycles. The fourth-order valence-electron chi connectivity index (χ4n) is 1.22. The van der Waals surface area contributed by atoms with Crippen molar-refractivity contribution in [2.45, 2.75) is 6.92 Å². The summed E-state index contributed by atoms with van der Waals surface area (Å²) in [5, 5.41) is 21.2. The minimum Gasteiger partial charge on any atom is -0.485 e. The molecule has 0 aliphatic heterocycles. The molecule has 0 unspecified atom stereocenters. The Bertz CT molecular complexity index is 394. The molecule has 0 aromatic heterocycles. The van der Waals surface area contributed by atoms with Gasteiger partial charge in [0.1, 0.15) is 0 Å². The van der Waals surface area contributed by atoms with Crippen LogP contribution in [0.3, 0.4) is 0 Å². The van der Waals surface area contributed by atoms with Gasteiger partial charge in [-0.1, -0.05) is 0 Å². The Morgan fingerprint density at radius 1 is 1.13 bits per heavy atom. The van der Waals surface area contributed by atoms with Crippen molar-refractivity contribution in [2.75, 3.05) is 7.11 Å². The first-order valence-electron chi connectivity index (χ1n) is 3.94. The number of nitro benzene ring substituents is 2.